The van der Waals surface area contributed by atoms with Crippen molar-refractivity contribution in [3.63, 3.8) is 0 Å². The fraction of sp³-hybridized carbons (Fsp3) is 0.571. The molecule has 0 aliphatic heterocycles. The Kier molecular flexibility index (Phi) is 4.75. The first-order valence-electron chi connectivity index (χ1n) is 6.67. The molecule has 0 amide bonds. The number of nitrogens with one attached hydrogen (secondary N) is 1. The van der Waals surface area contributed by atoms with E-state index in [0.29, 0.717) is 30.5 Å². The molecule has 2 rings (SSSR count). The lowest BCUT2D eigenvalue weighted by Gasteiger charge is -2.17. The summed E-state index contributed by atoms with van der Waals surface area (Å²) < 4.78 is 47.3. The zero-order valence-electron chi connectivity index (χ0n) is 11.3. The number of hydrogen-bond donors (Lipinski definition) is 1. The maximum absolute atomic E-state index is 12.3. The molecule has 0 heterocycles. The summed E-state index contributed by atoms with van der Waals surface area (Å²) in [6.07, 6.45) is -2.13. The summed E-state index contributed by atoms with van der Waals surface area (Å²) in [4.78, 5) is 0. The van der Waals surface area contributed by atoms with Gasteiger partial charge in [-0.3, -0.25) is 0 Å². The van der Waals surface area contributed by atoms with E-state index in [2.05, 4.69) is 5.32 Å². The standard InChI is InChI=1S/C14H18F3NO2/c1-2-19-12-5-3-4-10(8-18-11-6-7-11)13(12)20-9-14(15,16)17/h3-5,11,18H,2,6-9H2,1H3. The molecule has 0 spiro atoms. The zero-order valence-corrected chi connectivity index (χ0v) is 11.3. The van der Waals surface area contributed by atoms with Crippen LogP contribution in [0.2, 0.25) is 0 Å². The van der Waals surface area contributed by atoms with E-state index in [0.717, 1.165) is 12.8 Å². The van der Waals surface area contributed by atoms with Crippen LogP contribution in [0.5, 0.6) is 11.5 Å². The average molecular weight is 289 g/mol. The number of rotatable bonds is 7. The molecule has 0 saturated heterocycles. The van der Waals surface area contributed by atoms with Crippen LogP contribution in [0.1, 0.15) is 25.3 Å². The molecule has 20 heavy (non-hydrogen) atoms. The third-order valence-corrected chi connectivity index (χ3v) is 2.90. The first kappa shape index (κ1) is 15.0. The lowest BCUT2D eigenvalue weighted by Crippen LogP contribution is -2.21. The minimum atomic E-state index is -4.36. The minimum absolute atomic E-state index is 0.180. The highest BCUT2D eigenvalue weighted by atomic mass is 19.4. The molecule has 1 fully saturated rings. The second-order valence-electron chi connectivity index (χ2n) is 4.74. The van der Waals surface area contributed by atoms with Gasteiger partial charge >= 0.3 is 6.18 Å². The largest absolute Gasteiger partial charge is 0.490 e. The highest BCUT2D eigenvalue weighted by Crippen LogP contribution is 2.33. The van der Waals surface area contributed by atoms with Gasteiger partial charge in [0.1, 0.15) is 0 Å². The van der Waals surface area contributed by atoms with Gasteiger partial charge in [0, 0.05) is 18.2 Å². The highest BCUT2D eigenvalue weighted by Gasteiger charge is 2.30. The van der Waals surface area contributed by atoms with Gasteiger partial charge in [0.15, 0.2) is 18.1 Å². The molecule has 0 radical (unpaired) electrons. The molecule has 6 heteroatoms. The quantitative estimate of drug-likeness (QED) is 0.835. The number of hydrogen-bond acceptors (Lipinski definition) is 3. The van der Waals surface area contributed by atoms with Crippen LogP contribution in [0.15, 0.2) is 18.2 Å². The van der Waals surface area contributed by atoms with Gasteiger partial charge in [0.25, 0.3) is 0 Å². The van der Waals surface area contributed by atoms with Crippen LogP contribution in [0.3, 0.4) is 0 Å². The first-order chi connectivity index (χ1) is 9.49. The van der Waals surface area contributed by atoms with Gasteiger partial charge in [-0.25, -0.2) is 0 Å². The van der Waals surface area contributed by atoms with Crippen molar-refractivity contribution >= 4 is 0 Å². The van der Waals surface area contributed by atoms with Crippen LogP contribution in [0.4, 0.5) is 13.2 Å². The molecule has 1 aromatic carbocycles. The van der Waals surface area contributed by atoms with Crippen molar-refractivity contribution in [1.82, 2.24) is 5.32 Å². The van der Waals surface area contributed by atoms with E-state index in [9.17, 15) is 13.2 Å². The van der Waals surface area contributed by atoms with Crippen molar-refractivity contribution in [2.75, 3.05) is 13.2 Å². The van der Waals surface area contributed by atoms with E-state index in [-0.39, 0.29) is 5.75 Å². The van der Waals surface area contributed by atoms with E-state index in [1.807, 2.05) is 0 Å². The van der Waals surface area contributed by atoms with Crippen LogP contribution < -0.4 is 14.8 Å². The monoisotopic (exact) mass is 289 g/mol. The Labute approximate surface area is 116 Å². The Morgan fingerprint density at radius 1 is 1.25 bits per heavy atom. The van der Waals surface area contributed by atoms with Crippen molar-refractivity contribution in [3.05, 3.63) is 23.8 Å². The molecule has 3 nitrogen and oxygen atoms in total. The summed E-state index contributed by atoms with van der Waals surface area (Å²) in [5, 5.41) is 3.26. The van der Waals surface area contributed by atoms with Gasteiger partial charge in [-0.15, -0.1) is 0 Å². The van der Waals surface area contributed by atoms with Crippen molar-refractivity contribution in [2.24, 2.45) is 0 Å². The van der Waals surface area contributed by atoms with Crippen molar-refractivity contribution in [2.45, 2.75) is 38.5 Å². The Hall–Kier alpha value is -1.43. The molecular formula is C14H18F3NO2. The van der Waals surface area contributed by atoms with E-state index >= 15 is 0 Å². The number of ether oxygens (including phenoxy) is 2. The molecule has 1 saturated carbocycles. The first-order valence-corrected chi connectivity index (χ1v) is 6.67. The van der Waals surface area contributed by atoms with Gasteiger partial charge in [-0.05, 0) is 25.8 Å². The van der Waals surface area contributed by atoms with Crippen LogP contribution in [-0.2, 0) is 6.54 Å². The van der Waals surface area contributed by atoms with Crippen molar-refractivity contribution in [3.8, 4) is 11.5 Å². The third-order valence-electron chi connectivity index (χ3n) is 2.90. The summed E-state index contributed by atoms with van der Waals surface area (Å²) in [5.41, 5.74) is 0.687. The normalized spacial score (nSPS) is 15.2. The summed E-state index contributed by atoms with van der Waals surface area (Å²) >= 11 is 0. The zero-order chi connectivity index (χ0) is 14.6. The lowest BCUT2D eigenvalue weighted by molar-refractivity contribution is -0.153. The van der Waals surface area contributed by atoms with Crippen LogP contribution in [0.25, 0.3) is 0 Å². The summed E-state index contributed by atoms with van der Waals surface area (Å²) in [7, 11) is 0. The molecule has 1 aromatic rings. The Balaban J connectivity index is 2.12. The van der Waals surface area contributed by atoms with Gasteiger partial charge < -0.3 is 14.8 Å². The Morgan fingerprint density at radius 2 is 2.00 bits per heavy atom. The van der Waals surface area contributed by atoms with E-state index in [4.69, 9.17) is 9.47 Å². The molecule has 1 aliphatic carbocycles. The molecular weight excluding hydrogens is 271 g/mol. The topological polar surface area (TPSA) is 30.5 Å². The molecule has 0 bridgehead atoms. The molecule has 112 valence electrons. The summed E-state index contributed by atoms with van der Waals surface area (Å²) in [6.45, 7) is 1.33. The van der Waals surface area contributed by atoms with Gasteiger partial charge in [-0.2, -0.15) is 13.2 Å². The number of alkyl halides is 3. The molecule has 0 unspecified atom stereocenters. The summed E-state index contributed by atoms with van der Waals surface area (Å²) in [5.74, 6) is 0.534. The minimum Gasteiger partial charge on any atom is -0.490 e. The van der Waals surface area contributed by atoms with Crippen LogP contribution in [0, 0.1) is 0 Å². The predicted octanol–water partition coefficient (Wildman–Crippen LogP) is 3.28. The van der Waals surface area contributed by atoms with Crippen molar-refractivity contribution < 1.29 is 22.6 Å². The maximum atomic E-state index is 12.3. The Bertz CT molecular complexity index is 445. The van der Waals surface area contributed by atoms with Crippen LogP contribution >= 0.6 is 0 Å². The predicted molar refractivity (Wildman–Crippen MR) is 69.0 cm³/mol. The summed E-state index contributed by atoms with van der Waals surface area (Å²) in [6, 6.07) is 5.61. The third kappa shape index (κ3) is 4.59. The Morgan fingerprint density at radius 3 is 2.60 bits per heavy atom. The maximum Gasteiger partial charge on any atom is 0.422 e. The second kappa shape index (κ2) is 6.35. The van der Waals surface area contributed by atoms with E-state index < -0.39 is 12.8 Å². The number of para-hydroxylation sites is 1. The fourth-order valence-electron chi connectivity index (χ4n) is 1.83. The SMILES string of the molecule is CCOc1cccc(CNC2CC2)c1OCC(F)(F)F. The van der Waals surface area contributed by atoms with Gasteiger partial charge in [0.2, 0.25) is 0 Å². The molecule has 0 aromatic heterocycles. The van der Waals surface area contributed by atoms with E-state index in [1.54, 1.807) is 25.1 Å². The molecule has 1 aliphatic rings. The molecule has 1 N–H and O–H groups in total. The molecule has 0 atom stereocenters. The van der Waals surface area contributed by atoms with E-state index in [1.165, 1.54) is 0 Å². The van der Waals surface area contributed by atoms with Gasteiger partial charge in [-0.1, -0.05) is 12.1 Å². The fourth-order valence-corrected chi connectivity index (χ4v) is 1.83. The van der Waals surface area contributed by atoms with Crippen molar-refractivity contribution in [1.29, 1.82) is 0 Å². The van der Waals surface area contributed by atoms with Crippen LogP contribution in [-0.4, -0.2) is 25.4 Å². The van der Waals surface area contributed by atoms with Gasteiger partial charge in [0.05, 0.1) is 6.61 Å². The number of benzene rings is 1. The number of halogens is 3. The average Bonchev–Trinajstić information content (AvgIpc) is 3.18. The second-order valence-corrected chi connectivity index (χ2v) is 4.74. The lowest BCUT2D eigenvalue weighted by atomic mass is 10.2. The smallest absolute Gasteiger partial charge is 0.422 e. The highest BCUT2D eigenvalue weighted by molar-refractivity contribution is 5.46.